The van der Waals surface area contributed by atoms with Crippen LogP contribution in [-0.4, -0.2) is 9.97 Å². The van der Waals surface area contributed by atoms with Crippen LogP contribution in [0.2, 0.25) is 0 Å². The van der Waals surface area contributed by atoms with Gasteiger partial charge in [-0.1, -0.05) is 0 Å². The summed E-state index contributed by atoms with van der Waals surface area (Å²) in [5, 5.41) is 3.07. The van der Waals surface area contributed by atoms with Gasteiger partial charge in [-0.15, -0.1) is 0 Å². The van der Waals surface area contributed by atoms with Crippen molar-refractivity contribution in [3.05, 3.63) is 42.9 Å². The minimum atomic E-state index is 0.622. The molecule has 0 atom stereocenters. The zero-order valence-electron chi connectivity index (χ0n) is 7.51. The highest BCUT2D eigenvalue weighted by Gasteiger charge is 1.98. The van der Waals surface area contributed by atoms with Gasteiger partial charge < -0.3 is 11.1 Å². The first-order valence-corrected chi connectivity index (χ1v) is 4.24. The second-order valence-corrected chi connectivity index (χ2v) is 2.81. The van der Waals surface area contributed by atoms with Crippen LogP contribution in [0.4, 0.5) is 17.2 Å². The minimum Gasteiger partial charge on any atom is -0.396 e. The number of nitrogens with two attached hydrogens (primary N) is 1. The van der Waals surface area contributed by atoms with Gasteiger partial charge in [0.25, 0.3) is 0 Å². The predicted molar refractivity (Wildman–Crippen MR) is 56.2 cm³/mol. The topological polar surface area (TPSA) is 63.8 Å². The predicted octanol–water partition coefficient (Wildman–Crippen LogP) is 1.80. The van der Waals surface area contributed by atoms with Gasteiger partial charge in [0.05, 0.1) is 17.6 Å². The van der Waals surface area contributed by atoms with Crippen LogP contribution in [0.1, 0.15) is 0 Å². The van der Waals surface area contributed by atoms with Gasteiger partial charge in [-0.05, 0) is 24.3 Å². The number of rotatable bonds is 2. The number of anilines is 3. The average molecular weight is 186 g/mol. The Morgan fingerprint density at radius 3 is 2.71 bits per heavy atom. The molecule has 0 aliphatic heterocycles. The molecule has 14 heavy (non-hydrogen) atoms. The molecule has 0 spiro atoms. The molecule has 2 aromatic rings. The van der Waals surface area contributed by atoms with E-state index in [0.717, 1.165) is 5.69 Å². The van der Waals surface area contributed by atoms with Gasteiger partial charge in [0.2, 0.25) is 0 Å². The summed E-state index contributed by atoms with van der Waals surface area (Å²) in [6, 6.07) is 7.35. The molecule has 4 nitrogen and oxygen atoms in total. The van der Waals surface area contributed by atoms with E-state index >= 15 is 0 Å². The van der Waals surface area contributed by atoms with Gasteiger partial charge in [0.1, 0.15) is 0 Å². The highest BCUT2D eigenvalue weighted by molar-refractivity contribution is 5.67. The molecule has 0 bridgehead atoms. The molecule has 0 saturated heterocycles. The summed E-state index contributed by atoms with van der Waals surface area (Å²) in [5.41, 5.74) is 7.22. The van der Waals surface area contributed by atoms with E-state index < -0.39 is 0 Å². The maximum atomic E-state index is 5.72. The Morgan fingerprint density at radius 2 is 2.00 bits per heavy atom. The SMILES string of the molecule is Nc1cccnc1Nc1cccnc1. The van der Waals surface area contributed by atoms with E-state index in [0.29, 0.717) is 11.5 Å². The van der Waals surface area contributed by atoms with Crippen molar-refractivity contribution < 1.29 is 0 Å². The highest BCUT2D eigenvalue weighted by atomic mass is 15.0. The molecule has 0 unspecified atom stereocenters. The number of pyridine rings is 2. The second kappa shape index (κ2) is 3.74. The molecule has 2 heterocycles. The number of nitrogens with zero attached hydrogens (tertiary/aromatic N) is 2. The highest BCUT2D eigenvalue weighted by Crippen LogP contribution is 2.18. The van der Waals surface area contributed by atoms with Gasteiger partial charge in [0.15, 0.2) is 5.82 Å². The summed E-state index contributed by atoms with van der Waals surface area (Å²) >= 11 is 0. The number of aromatic nitrogens is 2. The van der Waals surface area contributed by atoms with Gasteiger partial charge >= 0.3 is 0 Å². The smallest absolute Gasteiger partial charge is 0.153 e. The van der Waals surface area contributed by atoms with E-state index in [1.165, 1.54) is 0 Å². The van der Waals surface area contributed by atoms with E-state index in [1.54, 1.807) is 30.7 Å². The number of hydrogen-bond acceptors (Lipinski definition) is 4. The Balaban J connectivity index is 2.24. The van der Waals surface area contributed by atoms with Crippen LogP contribution >= 0.6 is 0 Å². The van der Waals surface area contributed by atoms with Crippen molar-refractivity contribution in [2.45, 2.75) is 0 Å². The molecule has 2 aromatic heterocycles. The third-order valence-electron chi connectivity index (χ3n) is 1.76. The quantitative estimate of drug-likeness (QED) is 0.750. The number of nitrogen functional groups attached to an aromatic ring is 1. The van der Waals surface area contributed by atoms with Crippen molar-refractivity contribution in [1.29, 1.82) is 0 Å². The van der Waals surface area contributed by atoms with Crippen molar-refractivity contribution in [1.82, 2.24) is 9.97 Å². The first-order valence-electron chi connectivity index (χ1n) is 4.24. The summed E-state index contributed by atoms with van der Waals surface area (Å²) in [6.45, 7) is 0. The average Bonchev–Trinajstić information content (AvgIpc) is 2.23. The zero-order chi connectivity index (χ0) is 9.80. The molecule has 0 amide bonds. The molecule has 70 valence electrons. The van der Waals surface area contributed by atoms with E-state index in [9.17, 15) is 0 Å². The van der Waals surface area contributed by atoms with Gasteiger partial charge in [-0.3, -0.25) is 4.98 Å². The van der Waals surface area contributed by atoms with Crippen LogP contribution < -0.4 is 11.1 Å². The normalized spacial score (nSPS) is 9.71. The van der Waals surface area contributed by atoms with Crippen molar-refractivity contribution >= 4 is 17.2 Å². The fourth-order valence-electron chi connectivity index (χ4n) is 1.10. The molecule has 2 rings (SSSR count). The van der Waals surface area contributed by atoms with Gasteiger partial charge in [0, 0.05) is 12.4 Å². The maximum Gasteiger partial charge on any atom is 0.153 e. The number of hydrogen-bond donors (Lipinski definition) is 2. The lowest BCUT2D eigenvalue weighted by Crippen LogP contribution is -1.98. The first-order chi connectivity index (χ1) is 6.86. The van der Waals surface area contributed by atoms with Crippen LogP contribution in [0.25, 0.3) is 0 Å². The molecule has 0 aromatic carbocycles. The lowest BCUT2D eigenvalue weighted by atomic mass is 10.3. The molecule has 0 radical (unpaired) electrons. The Kier molecular flexibility index (Phi) is 2.27. The summed E-state index contributed by atoms with van der Waals surface area (Å²) in [7, 11) is 0. The molecular formula is C10H10N4. The standard InChI is InChI=1S/C10H10N4/c11-9-4-2-6-13-10(9)14-8-3-1-5-12-7-8/h1-7H,11H2,(H,13,14). The van der Waals surface area contributed by atoms with Crippen LogP contribution in [0.5, 0.6) is 0 Å². The Hall–Kier alpha value is -2.10. The maximum absolute atomic E-state index is 5.72. The summed E-state index contributed by atoms with van der Waals surface area (Å²) in [5.74, 6) is 0.653. The van der Waals surface area contributed by atoms with Crippen molar-refractivity contribution in [3.8, 4) is 0 Å². The summed E-state index contributed by atoms with van der Waals surface area (Å²) in [4.78, 5) is 8.09. The Morgan fingerprint density at radius 1 is 1.14 bits per heavy atom. The van der Waals surface area contributed by atoms with Crippen LogP contribution in [0.15, 0.2) is 42.9 Å². The van der Waals surface area contributed by atoms with Gasteiger partial charge in [-0.2, -0.15) is 0 Å². The van der Waals surface area contributed by atoms with E-state index in [1.807, 2.05) is 12.1 Å². The molecule has 3 N–H and O–H groups in total. The minimum absolute atomic E-state index is 0.622. The summed E-state index contributed by atoms with van der Waals surface area (Å²) < 4.78 is 0. The molecule has 0 saturated carbocycles. The van der Waals surface area contributed by atoms with Gasteiger partial charge in [-0.25, -0.2) is 4.98 Å². The fourth-order valence-corrected chi connectivity index (χ4v) is 1.10. The molecule has 0 aliphatic rings. The largest absolute Gasteiger partial charge is 0.396 e. The van der Waals surface area contributed by atoms with E-state index in [4.69, 9.17) is 5.73 Å². The van der Waals surface area contributed by atoms with Crippen LogP contribution in [-0.2, 0) is 0 Å². The Labute approximate surface area is 81.8 Å². The molecule has 4 heteroatoms. The van der Waals surface area contributed by atoms with Crippen molar-refractivity contribution in [2.24, 2.45) is 0 Å². The monoisotopic (exact) mass is 186 g/mol. The fraction of sp³-hybridized carbons (Fsp3) is 0. The summed E-state index contributed by atoms with van der Waals surface area (Å²) in [6.07, 6.45) is 5.12. The van der Waals surface area contributed by atoms with Crippen LogP contribution in [0.3, 0.4) is 0 Å². The molecular weight excluding hydrogens is 176 g/mol. The lowest BCUT2D eigenvalue weighted by molar-refractivity contribution is 1.28. The Bertz CT molecular complexity index is 413. The molecule has 0 fully saturated rings. The third kappa shape index (κ3) is 1.80. The first kappa shape index (κ1) is 8.50. The van der Waals surface area contributed by atoms with Crippen molar-refractivity contribution in [2.75, 3.05) is 11.1 Å². The van der Waals surface area contributed by atoms with E-state index in [-0.39, 0.29) is 0 Å². The van der Waals surface area contributed by atoms with E-state index in [2.05, 4.69) is 15.3 Å². The zero-order valence-corrected chi connectivity index (χ0v) is 7.51. The van der Waals surface area contributed by atoms with Crippen LogP contribution in [0, 0.1) is 0 Å². The number of nitrogens with one attached hydrogen (secondary N) is 1. The van der Waals surface area contributed by atoms with Crippen molar-refractivity contribution in [3.63, 3.8) is 0 Å². The molecule has 0 aliphatic carbocycles. The third-order valence-corrected chi connectivity index (χ3v) is 1.76. The second-order valence-electron chi connectivity index (χ2n) is 2.81. The lowest BCUT2D eigenvalue weighted by Gasteiger charge is -2.06.